The zero-order chi connectivity index (χ0) is 27.7. The Morgan fingerprint density at radius 1 is 1.08 bits per heavy atom. The van der Waals surface area contributed by atoms with Crippen molar-refractivity contribution in [3.8, 4) is 0 Å². The van der Waals surface area contributed by atoms with E-state index in [9.17, 15) is 9.36 Å². The van der Waals surface area contributed by atoms with E-state index in [0.29, 0.717) is 26.1 Å². The Kier molecular flexibility index (Phi) is 11.4. The summed E-state index contributed by atoms with van der Waals surface area (Å²) in [6.07, 6.45) is 6.00. The van der Waals surface area contributed by atoms with Crippen molar-refractivity contribution in [3.63, 3.8) is 0 Å². The van der Waals surface area contributed by atoms with Gasteiger partial charge in [-0.05, 0) is 78.9 Å². The van der Waals surface area contributed by atoms with Gasteiger partial charge in [0.1, 0.15) is 11.3 Å². The highest BCUT2D eigenvalue weighted by atomic mass is 31.2. The summed E-state index contributed by atoms with van der Waals surface area (Å²) in [6, 6.07) is 8.35. The summed E-state index contributed by atoms with van der Waals surface area (Å²) in [6.45, 7) is 16.3. The van der Waals surface area contributed by atoms with Gasteiger partial charge in [0.2, 0.25) is 0 Å². The van der Waals surface area contributed by atoms with Crippen LogP contribution in [0.4, 0.5) is 4.79 Å². The van der Waals surface area contributed by atoms with Crippen molar-refractivity contribution in [2.45, 2.75) is 111 Å². The maximum Gasteiger partial charge on any atom is 0.413 e. The molecule has 1 unspecified atom stereocenters. The second-order valence-electron chi connectivity index (χ2n) is 11.4. The molecular formula is C29H48NO6P. The molecule has 0 saturated carbocycles. The highest BCUT2D eigenvalue weighted by Crippen LogP contribution is 2.52. The predicted molar refractivity (Wildman–Crippen MR) is 149 cm³/mol. The fourth-order valence-electron chi connectivity index (χ4n) is 4.21. The van der Waals surface area contributed by atoms with Crippen molar-refractivity contribution in [1.29, 1.82) is 0 Å². The van der Waals surface area contributed by atoms with E-state index in [0.717, 1.165) is 31.2 Å². The van der Waals surface area contributed by atoms with Gasteiger partial charge in [-0.1, -0.05) is 56.5 Å². The molecule has 0 aromatic heterocycles. The number of nitrogens with zero attached hydrogens (tertiary/aromatic N) is 1. The van der Waals surface area contributed by atoms with Gasteiger partial charge < -0.3 is 18.5 Å². The third kappa shape index (κ3) is 9.55. The van der Waals surface area contributed by atoms with Crippen molar-refractivity contribution < 1.29 is 27.9 Å². The van der Waals surface area contributed by atoms with Gasteiger partial charge in [-0.25, -0.2) is 4.79 Å². The summed E-state index contributed by atoms with van der Waals surface area (Å²) in [7, 11) is -3.53. The van der Waals surface area contributed by atoms with E-state index in [1.165, 1.54) is 11.4 Å². The lowest BCUT2D eigenvalue weighted by atomic mass is 9.90. The van der Waals surface area contributed by atoms with Crippen molar-refractivity contribution in [2.24, 2.45) is 0 Å². The van der Waals surface area contributed by atoms with Crippen LogP contribution in [0, 0.1) is 6.92 Å². The van der Waals surface area contributed by atoms with E-state index in [1.807, 2.05) is 34.6 Å². The van der Waals surface area contributed by atoms with Gasteiger partial charge in [0.25, 0.3) is 0 Å². The maximum absolute atomic E-state index is 13.7. The van der Waals surface area contributed by atoms with Gasteiger partial charge in [-0.15, -0.1) is 0 Å². The van der Waals surface area contributed by atoms with Crippen LogP contribution in [0.3, 0.4) is 0 Å². The summed E-state index contributed by atoms with van der Waals surface area (Å²) in [5.41, 5.74) is -0.156. The number of benzene rings is 1. The predicted octanol–water partition coefficient (Wildman–Crippen LogP) is 8.01. The molecule has 8 heteroatoms. The minimum Gasteiger partial charge on any atom is -0.444 e. The van der Waals surface area contributed by atoms with Gasteiger partial charge in [0, 0.05) is 5.82 Å². The average molecular weight is 538 g/mol. The number of unbranched alkanes of at least 4 members (excludes halogenated alkanes) is 2. The first-order valence-electron chi connectivity index (χ1n) is 13.6. The van der Waals surface area contributed by atoms with E-state index in [-0.39, 0.29) is 6.61 Å². The molecule has 1 fully saturated rings. The van der Waals surface area contributed by atoms with Gasteiger partial charge in [-0.2, -0.15) is 0 Å². The molecule has 1 heterocycles. The molecule has 1 aliphatic heterocycles. The lowest BCUT2D eigenvalue weighted by Crippen LogP contribution is -2.56. The summed E-state index contributed by atoms with van der Waals surface area (Å²) >= 11 is 0. The molecule has 0 N–H and O–H groups in total. The topological polar surface area (TPSA) is 74.3 Å². The SMILES string of the molecule is CCCCOP(=O)(/C=C/C1(CCc2ccc(C)cc2)COC(C)(C)N1C(=O)OC(C)(C)C)OCCCC. The minimum atomic E-state index is -3.53. The highest BCUT2D eigenvalue weighted by Gasteiger charge is 2.54. The zero-order valence-corrected chi connectivity index (χ0v) is 25.1. The Morgan fingerprint density at radius 2 is 1.65 bits per heavy atom. The van der Waals surface area contributed by atoms with E-state index in [4.69, 9.17) is 18.5 Å². The smallest absolute Gasteiger partial charge is 0.413 e. The van der Waals surface area contributed by atoms with Crippen molar-refractivity contribution in [2.75, 3.05) is 19.8 Å². The number of hydrogen-bond acceptors (Lipinski definition) is 6. The first kappa shape index (κ1) is 31.6. The molecule has 1 amide bonds. The fraction of sp³-hybridized carbons (Fsp3) is 0.690. The molecule has 1 atom stereocenters. The van der Waals surface area contributed by atoms with Crippen LogP contribution in [0.1, 0.15) is 91.7 Å². The van der Waals surface area contributed by atoms with Crippen LogP contribution < -0.4 is 0 Å². The average Bonchev–Trinajstić information content (AvgIpc) is 3.07. The van der Waals surface area contributed by atoms with Gasteiger partial charge in [0.05, 0.1) is 25.4 Å². The number of aryl methyl sites for hydroxylation is 2. The number of hydrogen-bond donors (Lipinski definition) is 0. The molecule has 0 radical (unpaired) electrons. The largest absolute Gasteiger partial charge is 0.444 e. The molecule has 1 aliphatic rings. The summed E-state index contributed by atoms with van der Waals surface area (Å²) < 4.78 is 37.3. The second kappa shape index (κ2) is 13.4. The number of amides is 1. The Labute approximate surface area is 224 Å². The van der Waals surface area contributed by atoms with Crippen molar-refractivity contribution in [3.05, 3.63) is 47.3 Å². The van der Waals surface area contributed by atoms with Crippen LogP contribution >= 0.6 is 7.60 Å². The number of ether oxygens (including phenoxy) is 2. The van der Waals surface area contributed by atoms with E-state index in [2.05, 4.69) is 45.0 Å². The number of rotatable bonds is 13. The monoisotopic (exact) mass is 537 g/mol. The molecule has 0 bridgehead atoms. The van der Waals surface area contributed by atoms with Crippen molar-refractivity contribution in [1.82, 2.24) is 4.90 Å². The first-order chi connectivity index (χ1) is 17.3. The molecule has 37 heavy (non-hydrogen) atoms. The Balaban J connectivity index is 2.47. The molecule has 1 saturated heterocycles. The third-order valence-electron chi connectivity index (χ3n) is 6.31. The number of carbonyl (C=O) groups excluding carboxylic acids is 1. The molecule has 1 aromatic rings. The Bertz CT molecular complexity index is 923. The molecule has 7 nitrogen and oxygen atoms in total. The van der Waals surface area contributed by atoms with E-state index in [1.54, 1.807) is 11.0 Å². The molecule has 2 rings (SSSR count). The van der Waals surface area contributed by atoms with E-state index >= 15 is 0 Å². The maximum atomic E-state index is 13.7. The van der Waals surface area contributed by atoms with Crippen LogP contribution in [0.25, 0.3) is 0 Å². The molecule has 0 aliphatic carbocycles. The third-order valence-corrected chi connectivity index (χ3v) is 7.91. The lowest BCUT2D eigenvalue weighted by Gasteiger charge is -2.41. The number of carbonyl (C=O) groups is 1. The van der Waals surface area contributed by atoms with Crippen LogP contribution in [0.15, 0.2) is 36.2 Å². The summed E-state index contributed by atoms with van der Waals surface area (Å²) in [5.74, 6) is 1.54. The molecular weight excluding hydrogens is 489 g/mol. The Morgan fingerprint density at radius 3 is 2.16 bits per heavy atom. The Hall–Kier alpha value is -1.66. The fourth-order valence-corrected chi connectivity index (χ4v) is 5.68. The highest BCUT2D eigenvalue weighted by molar-refractivity contribution is 7.57. The lowest BCUT2D eigenvalue weighted by molar-refractivity contribution is -0.0665. The van der Waals surface area contributed by atoms with Gasteiger partial charge in [0.15, 0.2) is 0 Å². The second-order valence-corrected chi connectivity index (χ2v) is 13.3. The van der Waals surface area contributed by atoms with Crippen LogP contribution in [0.2, 0.25) is 0 Å². The van der Waals surface area contributed by atoms with Crippen LogP contribution in [-0.4, -0.2) is 47.7 Å². The van der Waals surface area contributed by atoms with E-state index < -0.39 is 30.6 Å². The summed E-state index contributed by atoms with van der Waals surface area (Å²) in [5, 5.41) is 0. The molecule has 1 aromatic carbocycles. The minimum absolute atomic E-state index is 0.242. The normalized spacial score (nSPS) is 20.1. The van der Waals surface area contributed by atoms with Crippen LogP contribution in [0.5, 0.6) is 0 Å². The zero-order valence-electron chi connectivity index (χ0n) is 24.2. The summed E-state index contributed by atoms with van der Waals surface area (Å²) in [4.78, 5) is 15.2. The first-order valence-corrected chi connectivity index (χ1v) is 15.2. The molecule has 0 spiro atoms. The quantitative estimate of drug-likeness (QED) is 0.187. The van der Waals surface area contributed by atoms with Gasteiger partial charge in [-0.3, -0.25) is 9.46 Å². The van der Waals surface area contributed by atoms with Crippen LogP contribution in [-0.2, 0) is 29.5 Å². The molecule has 210 valence electrons. The standard InChI is InChI=1S/C29H48NO6P/c1-9-11-20-34-37(32,35-21-12-10-2)22-19-29(18-17-25-15-13-24(3)14-16-25)23-33-28(7,8)30(29)26(31)36-27(4,5)6/h13-16,19,22H,9-12,17-18,20-21,23H2,1-8H3/b22-19+. The van der Waals surface area contributed by atoms with Gasteiger partial charge >= 0.3 is 13.7 Å². The van der Waals surface area contributed by atoms with Crippen molar-refractivity contribution >= 4 is 13.7 Å².